The van der Waals surface area contributed by atoms with Crippen LogP contribution in [0.15, 0.2) is 53.7 Å². The molecule has 6 nitrogen and oxygen atoms in total. The first kappa shape index (κ1) is 19.1. The van der Waals surface area contributed by atoms with Crippen molar-refractivity contribution in [2.75, 3.05) is 5.32 Å². The van der Waals surface area contributed by atoms with E-state index in [9.17, 15) is 4.79 Å². The predicted molar refractivity (Wildman–Crippen MR) is 108 cm³/mol. The maximum absolute atomic E-state index is 12.5. The Balaban J connectivity index is 1.67. The lowest BCUT2D eigenvalue weighted by molar-refractivity contribution is -0.115. The van der Waals surface area contributed by atoms with E-state index in [4.69, 9.17) is 0 Å². The van der Waals surface area contributed by atoms with E-state index in [1.54, 1.807) is 4.68 Å². The van der Waals surface area contributed by atoms with Gasteiger partial charge in [-0.05, 0) is 60.0 Å². The number of carbonyl (C=O) groups is 1. The van der Waals surface area contributed by atoms with Gasteiger partial charge >= 0.3 is 0 Å². The molecule has 1 unspecified atom stereocenters. The van der Waals surface area contributed by atoms with Crippen LogP contribution >= 0.6 is 11.8 Å². The quantitative estimate of drug-likeness (QED) is 0.648. The first-order valence-corrected chi connectivity index (χ1v) is 9.75. The van der Waals surface area contributed by atoms with Crippen LogP contribution in [-0.4, -0.2) is 31.4 Å². The molecule has 0 saturated carbocycles. The molecule has 0 bridgehead atoms. The minimum absolute atomic E-state index is 0.0873. The fourth-order valence-electron chi connectivity index (χ4n) is 2.51. The van der Waals surface area contributed by atoms with Crippen molar-refractivity contribution in [1.82, 2.24) is 20.2 Å². The first-order chi connectivity index (χ1) is 12.9. The molecule has 1 heterocycles. The number of amides is 1. The van der Waals surface area contributed by atoms with Crippen LogP contribution in [0, 0.1) is 6.92 Å². The Morgan fingerprint density at radius 3 is 2.33 bits per heavy atom. The lowest BCUT2D eigenvalue weighted by atomic mass is 10.0. The molecule has 0 aliphatic rings. The topological polar surface area (TPSA) is 72.7 Å². The Morgan fingerprint density at radius 2 is 1.70 bits per heavy atom. The van der Waals surface area contributed by atoms with Gasteiger partial charge in [0, 0.05) is 5.69 Å². The van der Waals surface area contributed by atoms with Crippen LogP contribution in [0.3, 0.4) is 0 Å². The Morgan fingerprint density at radius 1 is 1.04 bits per heavy atom. The number of anilines is 1. The largest absolute Gasteiger partial charge is 0.325 e. The molecule has 27 heavy (non-hydrogen) atoms. The van der Waals surface area contributed by atoms with Gasteiger partial charge in [-0.15, -0.1) is 5.10 Å². The van der Waals surface area contributed by atoms with Gasteiger partial charge in [0.2, 0.25) is 11.1 Å². The highest BCUT2D eigenvalue weighted by Gasteiger charge is 2.19. The molecule has 7 heteroatoms. The summed E-state index contributed by atoms with van der Waals surface area (Å²) < 4.78 is 1.64. The number of hydrogen-bond donors (Lipinski definition) is 1. The predicted octanol–water partition coefficient (Wildman–Crippen LogP) is 4.21. The van der Waals surface area contributed by atoms with Crippen molar-refractivity contribution in [3.63, 3.8) is 0 Å². The van der Waals surface area contributed by atoms with Crippen LogP contribution in [-0.2, 0) is 4.79 Å². The van der Waals surface area contributed by atoms with Crippen molar-refractivity contribution in [1.29, 1.82) is 0 Å². The molecule has 0 radical (unpaired) electrons. The third kappa shape index (κ3) is 4.74. The number of carbonyl (C=O) groups excluding carboxylic acids is 1. The van der Waals surface area contributed by atoms with Gasteiger partial charge in [0.1, 0.15) is 0 Å². The van der Waals surface area contributed by atoms with Crippen molar-refractivity contribution >= 4 is 23.4 Å². The standard InChI is InChI=1S/C20H23N5OS/c1-13(2)16-7-9-17(10-8-16)21-19(26)15(4)27-20-22-23-24-25(20)18-11-5-14(3)6-12-18/h5-13,15H,1-4H3,(H,21,26). The zero-order valence-corrected chi connectivity index (χ0v) is 16.7. The van der Waals surface area contributed by atoms with Crippen molar-refractivity contribution in [2.24, 2.45) is 0 Å². The summed E-state index contributed by atoms with van der Waals surface area (Å²) in [4.78, 5) is 12.5. The Kier molecular flexibility index (Phi) is 5.91. The molecule has 1 aromatic heterocycles. The third-order valence-corrected chi connectivity index (χ3v) is 5.25. The summed E-state index contributed by atoms with van der Waals surface area (Å²) in [7, 11) is 0. The minimum Gasteiger partial charge on any atom is -0.325 e. The van der Waals surface area contributed by atoms with Crippen LogP contribution in [0.2, 0.25) is 0 Å². The van der Waals surface area contributed by atoms with Crippen molar-refractivity contribution in [3.05, 3.63) is 59.7 Å². The molecule has 2 aromatic carbocycles. The number of nitrogens with one attached hydrogen (secondary N) is 1. The smallest absolute Gasteiger partial charge is 0.237 e. The first-order valence-electron chi connectivity index (χ1n) is 8.87. The van der Waals surface area contributed by atoms with E-state index in [0.717, 1.165) is 16.9 Å². The monoisotopic (exact) mass is 381 g/mol. The Labute approximate surface area is 163 Å². The van der Waals surface area contributed by atoms with Gasteiger partial charge in [-0.25, -0.2) is 0 Å². The lowest BCUT2D eigenvalue weighted by Crippen LogP contribution is -2.23. The van der Waals surface area contributed by atoms with Gasteiger partial charge < -0.3 is 5.32 Å². The average Bonchev–Trinajstić information content (AvgIpc) is 3.10. The van der Waals surface area contributed by atoms with Crippen LogP contribution in [0.4, 0.5) is 5.69 Å². The van der Waals surface area contributed by atoms with Crippen LogP contribution in [0.25, 0.3) is 5.69 Å². The van der Waals surface area contributed by atoms with E-state index in [1.807, 2.05) is 62.4 Å². The molecule has 0 aliphatic carbocycles. The van der Waals surface area contributed by atoms with Gasteiger partial charge in [0.05, 0.1) is 10.9 Å². The van der Waals surface area contributed by atoms with Crippen molar-refractivity contribution < 1.29 is 4.79 Å². The fraction of sp³-hybridized carbons (Fsp3) is 0.300. The fourth-order valence-corrected chi connectivity index (χ4v) is 3.31. The molecule has 0 saturated heterocycles. The van der Waals surface area contributed by atoms with E-state index < -0.39 is 0 Å². The number of aryl methyl sites for hydroxylation is 1. The van der Waals surface area contributed by atoms with Crippen LogP contribution < -0.4 is 5.32 Å². The van der Waals surface area contributed by atoms with E-state index in [2.05, 4.69) is 34.7 Å². The highest BCUT2D eigenvalue weighted by atomic mass is 32.2. The van der Waals surface area contributed by atoms with Crippen LogP contribution in [0.5, 0.6) is 0 Å². The maximum Gasteiger partial charge on any atom is 0.237 e. The summed E-state index contributed by atoms with van der Waals surface area (Å²) in [6, 6.07) is 15.9. The molecular weight excluding hydrogens is 358 g/mol. The Hall–Kier alpha value is -2.67. The van der Waals surface area contributed by atoms with E-state index in [-0.39, 0.29) is 11.2 Å². The summed E-state index contributed by atoms with van der Waals surface area (Å²) >= 11 is 1.33. The molecule has 0 aliphatic heterocycles. The van der Waals surface area contributed by atoms with E-state index in [1.165, 1.54) is 17.3 Å². The molecule has 3 rings (SSSR count). The number of nitrogens with zero attached hydrogens (tertiary/aromatic N) is 4. The molecule has 0 fully saturated rings. The summed E-state index contributed by atoms with van der Waals surface area (Å²) in [5.74, 6) is 0.376. The number of rotatable bonds is 6. The number of thioether (sulfide) groups is 1. The molecule has 140 valence electrons. The van der Waals surface area contributed by atoms with Crippen molar-refractivity contribution in [2.45, 2.75) is 44.0 Å². The zero-order valence-electron chi connectivity index (χ0n) is 15.9. The number of benzene rings is 2. The normalized spacial score (nSPS) is 12.2. The van der Waals surface area contributed by atoms with Gasteiger partial charge in [0.25, 0.3) is 0 Å². The second-order valence-electron chi connectivity index (χ2n) is 6.73. The molecule has 1 atom stereocenters. The lowest BCUT2D eigenvalue weighted by Gasteiger charge is -2.13. The molecule has 0 spiro atoms. The molecule has 3 aromatic rings. The second-order valence-corrected chi connectivity index (χ2v) is 8.04. The molecular formula is C20H23N5OS. The van der Waals surface area contributed by atoms with Crippen LogP contribution in [0.1, 0.15) is 37.8 Å². The average molecular weight is 382 g/mol. The highest BCUT2D eigenvalue weighted by Crippen LogP contribution is 2.24. The highest BCUT2D eigenvalue weighted by molar-refractivity contribution is 8.00. The summed E-state index contributed by atoms with van der Waals surface area (Å²) in [5.41, 5.74) is 4.06. The minimum atomic E-state index is -0.343. The maximum atomic E-state index is 12.5. The number of tetrazole rings is 1. The van der Waals surface area contributed by atoms with Gasteiger partial charge in [0.15, 0.2) is 0 Å². The van der Waals surface area contributed by atoms with Gasteiger partial charge in [-0.2, -0.15) is 4.68 Å². The molecule has 1 amide bonds. The summed E-state index contributed by atoms with van der Waals surface area (Å²) in [6.07, 6.45) is 0. The van der Waals surface area contributed by atoms with Gasteiger partial charge in [-0.1, -0.05) is 55.4 Å². The summed E-state index contributed by atoms with van der Waals surface area (Å²) in [5, 5.41) is 15.0. The number of aromatic nitrogens is 4. The summed E-state index contributed by atoms with van der Waals surface area (Å²) in [6.45, 7) is 8.16. The third-order valence-electron chi connectivity index (χ3n) is 4.22. The van der Waals surface area contributed by atoms with Gasteiger partial charge in [-0.3, -0.25) is 4.79 Å². The Bertz CT molecular complexity index is 903. The second kappa shape index (κ2) is 8.35. The van der Waals surface area contributed by atoms with E-state index >= 15 is 0 Å². The van der Waals surface area contributed by atoms with Crippen molar-refractivity contribution in [3.8, 4) is 5.69 Å². The number of hydrogen-bond acceptors (Lipinski definition) is 5. The SMILES string of the molecule is Cc1ccc(-n2nnnc2SC(C)C(=O)Nc2ccc(C(C)C)cc2)cc1. The zero-order chi connectivity index (χ0) is 19.4. The van der Waals surface area contributed by atoms with E-state index in [0.29, 0.717) is 11.1 Å². The molecule has 1 N–H and O–H groups in total.